The van der Waals surface area contributed by atoms with Gasteiger partial charge in [0.05, 0.1) is 9.63 Å². The van der Waals surface area contributed by atoms with Gasteiger partial charge >= 0.3 is 0 Å². The lowest BCUT2D eigenvalue weighted by molar-refractivity contribution is -0.114. The van der Waals surface area contributed by atoms with Crippen LogP contribution in [0.15, 0.2) is 78.3 Å². The number of rotatable bonds is 6. The maximum Gasteiger partial charge on any atom is 0.256 e. The van der Waals surface area contributed by atoms with E-state index in [4.69, 9.17) is 4.11 Å². The number of amides is 1. The van der Waals surface area contributed by atoms with Gasteiger partial charge in [-0.3, -0.25) is 9.59 Å². The first-order valence-corrected chi connectivity index (χ1v) is 10.1. The SMILES string of the molecule is [2H]C([2H])=C([2H])C(=O)N(CC)c1cccc(Nc2ncc3cc(-c4c(C)cc[nH]c4=O)ccc3n2)c1. The number of pyridine rings is 1. The summed E-state index contributed by atoms with van der Waals surface area (Å²) in [7, 11) is 0. The second-order valence-corrected chi connectivity index (χ2v) is 7.18. The Balaban J connectivity index is 1.61. The number of aromatic amines is 1. The van der Waals surface area contributed by atoms with Crippen molar-refractivity contribution in [1.82, 2.24) is 15.0 Å². The van der Waals surface area contributed by atoms with E-state index in [-0.39, 0.29) is 12.1 Å². The number of likely N-dealkylation sites (N-methyl/N-ethyl adjacent to an activating group) is 1. The number of H-pyrrole nitrogens is 1. The van der Waals surface area contributed by atoms with Gasteiger partial charge in [-0.2, -0.15) is 0 Å². The molecular formula is C25H23N5O2. The smallest absolute Gasteiger partial charge is 0.256 e. The molecule has 0 saturated carbocycles. The second kappa shape index (κ2) is 8.85. The van der Waals surface area contributed by atoms with Gasteiger partial charge in [-0.1, -0.05) is 18.7 Å². The van der Waals surface area contributed by atoms with E-state index in [0.29, 0.717) is 28.4 Å². The number of aromatic nitrogens is 3. The minimum atomic E-state index is -0.831. The number of hydrogen-bond acceptors (Lipinski definition) is 5. The van der Waals surface area contributed by atoms with Gasteiger partial charge in [-0.15, -0.1) is 0 Å². The van der Waals surface area contributed by atoms with Crippen molar-refractivity contribution in [3.63, 3.8) is 0 Å². The fourth-order valence-electron chi connectivity index (χ4n) is 3.58. The number of nitrogens with zero attached hydrogens (tertiary/aromatic N) is 3. The Morgan fingerprint density at radius 3 is 2.97 bits per heavy atom. The van der Waals surface area contributed by atoms with Crippen molar-refractivity contribution in [3.8, 4) is 11.1 Å². The molecule has 1 amide bonds. The van der Waals surface area contributed by atoms with Gasteiger partial charge < -0.3 is 15.2 Å². The van der Waals surface area contributed by atoms with Crippen LogP contribution in [0.4, 0.5) is 17.3 Å². The first-order valence-electron chi connectivity index (χ1n) is 11.6. The molecule has 2 aromatic carbocycles. The molecule has 0 aliphatic carbocycles. The molecule has 0 saturated heterocycles. The lowest BCUT2D eigenvalue weighted by Gasteiger charge is -2.20. The number of carbonyl (C=O) groups excluding carboxylic acids is 1. The largest absolute Gasteiger partial charge is 0.329 e. The highest BCUT2D eigenvalue weighted by atomic mass is 16.2. The van der Waals surface area contributed by atoms with Crippen LogP contribution >= 0.6 is 0 Å². The van der Waals surface area contributed by atoms with E-state index in [2.05, 4.69) is 20.3 Å². The van der Waals surface area contributed by atoms with Crippen molar-refractivity contribution in [2.75, 3.05) is 16.8 Å². The molecule has 2 heterocycles. The normalized spacial score (nSPS) is 11.9. The minimum absolute atomic E-state index is 0.155. The van der Waals surface area contributed by atoms with E-state index in [9.17, 15) is 9.59 Å². The van der Waals surface area contributed by atoms with Crippen LogP contribution in [0, 0.1) is 6.92 Å². The molecule has 4 aromatic rings. The molecule has 0 spiro atoms. The van der Waals surface area contributed by atoms with Gasteiger partial charge in [0.15, 0.2) is 0 Å². The number of benzene rings is 2. The zero-order valence-electron chi connectivity index (χ0n) is 20.6. The molecule has 4 rings (SSSR count). The summed E-state index contributed by atoms with van der Waals surface area (Å²) in [6, 6.07) is 13.7. The summed E-state index contributed by atoms with van der Waals surface area (Å²) < 4.78 is 22.2. The lowest BCUT2D eigenvalue weighted by atomic mass is 10.0. The topological polar surface area (TPSA) is 91.0 Å². The van der Waals surface area contributed by atoms with Gasteiger partial charge in [0.25, 0.3) is 5.56 Å². The van der Waals surface area contributed by atoms with Crippen LogP contribution < -0.4 is 15.8 Å². The third-order valence-electron chi connectivity index (χ3n) is 5.12. The van der Waals surface area contributed by atoms with Crippen molar-refractivity contribution < 1.29 is 8.91 Å². The van der Waals surface area contributed by atoms with E-state index in [1.54, 1.807) is 43.6 Å². The zero-order valence-corrected chi connectivity index (χ0v) is 17.6. The molecular weight excluding hydrogens is 402 g/mol. The molecule has 0 atom stereocenters. The molecule has 0 unspecified atom stereocenters. The summed E-state index contributed by atoms with van der Waals surface area (Å²) in [5.74, 6) is -0.360. The van der Waals surface area contributed by atoms with Crippen LogP contribution in [-0.2, 0) is 4.79 Å². The van der Waals surface area contributed by atoms with E-state index in [1.807, 2.05) is 31.2 Å². The minimum Gasteiger partial charge on any atom is -0.329 e. The zero-order chi connectivity index (χ0) is 25.1. The van der Waals surface area contributed by atoms with E-state index < -0.39 is 18.5 Å². The summed E-state index contributed by atoms with van der Waals surface area (Å²) in [6.07, 6.45) is 3.30. The molecule has 7 heteroatoms. The van der Waals surface area contributed by atoms with Crippen molar-refractivity contribution in [2.24, 2.45) is 0 Å². The van der Waals surface area contributed by atoms with Crippen molar-refractivity contribution in [3.05, 3.63) is 89.4 Å². The van der Waals surface area contributed by atoms with Crippen molar-refractivity contribution in [2.45, 2.75) is 13.8 Å². The summed E-state index contributed by atoms with van der Waals surface area (Å²) in [5, 5.41) is 3.90. The monoisotopic (exact) mass is 428 g/mol. The Kier molecular flexibility index (Phi) is 4.82. The number of carbonyl (C=O) groups is 1. The average Bonchev–Trinajstić information content (AvgIpc) is 2.84. The van der Waals surface area contributed by atoms with Gasteiger partial charge in [0.1, 0.15) is 0 Å². The molecule has 0 aliphatic heterocycles. The molecule has 2 N–H and O–H groups in total. The average molecular weight is 429 g/mol. The Hall–Kier alpha value is -4.26. The van der Waals surface area contributed by atoms with Crippen LogP contribution in [0.5, 0.6) is 0 Å². The summed E-state index contributed by atoms with van der Waals surface area (Å²) >= 11 is 0. The van der Waals surface area contributed by atoms with E-state index in [0.717, 1.165) is 16.5 Å². The van der Waals surface area contributed by atoms with Crippen molar-refractivity contribution in [1.29, 1.82) is 0 Å². The fraction of sp³-hybridized carbons (Fsp3) is 0.120. The summed E-state index contributed by atoms with van der Waals surface area (Å²) in [4.78, 5) is 37.7. The van der Waals surface area contributed by atoms with Crippen LogP contribution in [0.2, 0.25) is 0 Å². The summed E-state index contributed by atoms with van der Waals surface area (Å²) in [6.45, 7) is 3.09. The highest BCUT2D eigenvalue weighted by molar-refractivity contribution is 6.01. The highest BCUT2D eigenvalue weighted by Gasteiger charge is 2.12. The standard InChI is InChI=1S/C25H23N5O2/c1-4-22(31)30(5-2)20-8-6-7-19(14-20)28-25-27-15-18-13-17(9-10-21(18)29-25)23-16(3)11-12-26-24(23)32/h4,6-15H,1,5H2,2-3H3,(H,26,32)(H,27,28,29)/i1D2,4D. The number of hydrogen-bond donors (Lipinski definition) is 2. The molecule has 0 bridgehead atoms. The second-order valence-electron chi connectivity index (χ2n) is 7.18. The first-order chi connectivity index (χ1) is 16.8. The van der Waals surface area contributed by atoms with E-state index >= 15 is 0 Å². The predicted octanol–water partition coefficient (Wildman–Crippen LogP) is 4.58. The van der Waals surface area contributed by atoms with E-state index in [1.165, 1.54) is 4.90 Å². The Bertz CT molecular complexity index is 1510. The lowest BCUT2D eigenvalue weighted by Crippen LogP contribution is -2.28. The van der Waals surface area contributed by atoms with Crippen LogP contribution in [0.3, 0.4) is 0 Å². The molecule has 7 nitrogen and oxygen atoms in total. The molecule has 0 fully saturated rings. The Morgan fingerprint density at radius 2 is 2.19 bits per heavy atom. The maximum atomic E-state index is 12.5. The number of anilines is 3. The van der Waals surface area contributed by atoms with Gasteiger partial charge in [0, 0.05) is 41.3 Å². The van der Waals surface area contributed by atoms with Crippen LogP contribution in [0.25, 0.3) is 22.0 Å². The predicted molar refractivity (Wildman–Crippen MR) is 128 cm³/mol. The molecule has 0 aliphatic rings. The molecule has 160 valence electrons. The Labute approximate surface area is 189 Å². The van der Waals surface area contributed by atoms with Gasteiger partial charge in [0.2, 0.25) is 11.9 Å². The maximum absolute atomic E-state index is 12.5. The first kappa shape index (κ1) is 17.4. The van der Waals surface area contributed by atoms with Crippen LogP contribution in [-0.4, -0.2) is 27.4 Å². The van der Waals surface area contributed by atoms with Crippen molar-refractivity contribution >= 4 is 34.1 Å². The molecule has 32 heavy (non-hydrogen) atoms. The number of fused-ring (bicyclic) bond motifs is 1. The number of nitrogens with one attached hydrogen (secondary N) is 2. The fourth-order valence-corrected chi connectivity index (χ4v) is 3.58. The van der Waals surface area contributed by atoms with Gasteiger partial charge in [-0.25, -0.2) is 9.97 Å². The quantitative estimate of drug-likeness (QED) is 0.439. The summed E-state index contributed by atoms with van der Waals surface area (Å²) in [5.41, 5.74) is 3.95. The highest BCUT2D eigenvalue weighted by Crippen LogP contribution is 2.25. The number of aryl methyl sites for hydroxylation is 1. The third kappa shape index (κ3) is 4.13. The Morgan fingerprint density at radius 1 is 1.31 bits per heavy atom. The molecule has 0 radical (unpaired) electrons. The third-order valence-corrected chi connectivity index (χ3v) is 5.12. The molecule has 2 aromatic heterocycles. The van der Waals surface area contributed by atoms with Crippen LogP contribution in [0.1, 0.15) is 16.6 Å². The van der Waals surface area contributed by atoms with Gasteiger partial charge in [-0.05, 0) is 67.4 Å².